The molecule has 1 amide bonds. The van der Waals surface area contributed by atoms with Crippen molar-refractivity contribution in [2.45, 2.75) is 37.7 Å². The van der Waals surface area contributed by atoms with E-state index in [-0.39, 0.29) is 30.8 Å². The van der Waals surface area contributed by atoms with E-state index in [0.717, 1.165) is 25.1 Å². The van der Waals surface area contributed by atoms with Gasteiger partial charge < -0.3 is 19.1 Å². The topological polar surface area (TPSA) is 60.9 Å². The summed E-state index contributed by atoms with van der Waals surface area (Å²) < 4.78 is 16.9. The molecule has 3 rings (SSSR count). The molecule has 0 bridgehead atoms. The molecule has 6 nitrogen and oxygen atoms in total. The first-order valence-electron chi connectivity index (χ1n) is 7.71. The van der Waals surface area contributed by atoms with Crippen LogP contribution in [0.15, 0.2) is 24.4 Å². The number of likely N-dealkylation sites (tertiary alicyclic amines) is 1. The molecule has 0 saturated carbocycles. The number of carbonyl (C=O) groups excluding carboxylic acids is 1. The van der Waals surface area contributed by atoms with E-state index in [0.29, 0.717) is 13.2 Å². The standard InChI is InChI=1S/C16H22N2O4/c1-20-11-15(19)18-9-14(16-13(18)6-4-8-21-16)22-10-12-5-2-3-7-17-12/h2-3,5,7,13-14,16H,4,6,8-11H2,1H3/t13-,14+,16+/m1/s1. The highest BCUT2D eigenvalue weighted by atomic mass is 16.5. The van der Waals surface area contributed by atoms with E-state index in [9.17, 15) is 4.79 Å². The van der Waals surface area contributed by atoms with E-state index in [2.05, 4.69) is 4.98 Å². The van der Waals surface area contributed by atoms with Crippen LogP contribution in [-0.2, 0) is 25.6 Å². The molecule has 22 heavy (non-hydrogen) atoms. The van der Waals surface area contributed by atoms with Gasteiger partial charge >= 0.3 is 0 Å². The Morgan fingerprint density at radius 1 is 1.50 bits per heavy atom. The number of hydrogen-bond donors (Lipinski definition) is 0. The van der Waals surface area contributed by atoms with Crippen LogP contribution in [0.2, 0.25) is 0 Å². The summed E-state index contributed by atoms with van der Waals surface area (Å²) in [5, 5.41) is 0. The molecule has 120 valence electrons. The van der Waals surface area contributed by atoms with E-state index < -0.39 is 0 Å². The van der Waals surface area contributed by atoms with Gasteiger partial charge in [0.15, 0.2) is 0 Å². The number of nitrogens with zero attached hydrogens (tertiary/aromatic N) is 2. The van der Waals surface area contributed by atoms with Gasteiger partial charge in [0, 0.05) is 26.5 Å². The van der Waals surface area contributed by atoms with E-state index in [1.807, 2.05) is 23.1 Å². The Balaban J connectivity index is 1.64. The molecule has 0 aromatic carbocycles. The second-order valence-electron chi connectivity index (χ2n) is 5.69. The minimum absolute atomic E-state index is 0.00642. The van der Waals surface area contributed by atoms with Crippen molar-refractivity contribution in [2.75, 3.05) is 26.9 Å². The normalized spacial score (nSPS) is 27.7. The van der Waals surface area contributed by atoms with Crippen LogP contribution >= 0.6 is 0 Å². The van der Waals surface area contributed by atoms with Gasteiger partial charge in [0.2, 0.25) is 5.91 Å². The van der Waals surface area contributed by atoms with E-state index >= 15 is 0 Å². The molecule has 0 unspecified atom stereocenters. The summed E-state index contributed by atoms with van der Waals surface area (Å²) in [6, 6.07) is 5.85. The van der Waals surface area contributed by atoms with Crippen molar-refractivity contribution in [1.29, 1.82) is 0 Å². The molecule has 2 fully saturated rings. The molecule has 0 radical (unpaired) electrons. The van der Waals surface area contributed by atoms with Crippen LogP contribution < -0.4 is 0 Å². The third kappa shape index (κ3) is 3.29. The highest BCUT2D eigenvalue weighted by Crippen LogP contribution is 2.31. The molecular weight excluding hydrogens is 284 g/mol. The lowest BCUT2D eigenvalue weighted by molar-refractivity contribution is -0.138. The smallest absolute Gasteiger partial charge is 0.248 e. The van der Waals surface area contributed by atoms with Gasteiger partial charge in [-0.25, -0.2) is 0 Å². The Labute approximate surface area is 130 Å². The number of pyridine rings is 1. The molecular formula is C16H22N2O4. The second kappa shape index (κ2) is 7.17. The number of aromatic nitrogens is 1. The minimum Gasteiger partial charge on any atom is -0.375 e. The van der Waals surface area contributed by atoms with Gasteiger partial charge in [-0.05, 0) is 25.0 Å². The maximum atomic E-state index is 12.2. The van der Waals surface area contributed by atoms with Crippen LogP contribution in [0.1, 0.15) is 18.5 Å². The molecule has 0 spiro atoms. The number of ether oxygens (including phenoxy) is 3. The summed E-state index contributed by atoms with van der Waals surface area (Å²) in [5.41, 5.74) is 0.886. The summed E-state index contributed by atoms with van der Waals surface area (Å²) in [4.78, 5) is 18.3. The lowest BCUT2D eigenvalue weighted by Gasteiger charge is -2.32. The molecule has 1 aromatic heterocycles. The quantitative estimate of drug-likeness (QED) is 0.812. The van der Waals surface area contributed by atoms with Gasteiger partial charge in [-0.15, -0.1) is 0 Å². The van der Waals surface area contributed by atoms with Crippen molar-refractivity contribution in [3.05, 3.63) is 30.1 Å². The van der Waals surface area contributed by atoms with E-state index in [1.165, 1.54) is 7.11 Å². The highest BCUT2D eigenvalue weighted by molar-refractivity contribution is 5.78. The monoisotopic (exact) mass is 306 g/mol. The first-order valence-corrected chi connectivity index (χ1v) is 7.71. The Kier molecular flexibility index (Phi) is 5.02. The summed E-state index contributed by atoms with van der Waals surface area (Å²) in [5.74, 6) is 0.00642. The molecule has 2 aliphatic heterocycles. The predicted molar refractivity (Wildman–Crippen MR) is 79.2 cm³/mol. The Hall–Kier alpha value is -1.50. The number of methoxy groups -OCH3 is 1. The van der Waals surface area contributed by atoms with Crippen molar-refractivity contribution in [3.8, 4) is 0 Å². The van der Waals surface area contributed by atoms with Crippen LogP contribution in [0, 0.1) is 0 Å². The van der Waals surface area contributed by atoms with Gasteiger partial charge in [0.05, 0.1) is 18.3 Å². The fraction of sp³-hybridized carbons (Fsp3) is 0.625. The van der Waals surface area contributed by atoms with Crippen LogP contribution in [0.25, 0.3) is 0 Å². The van der Waals surface area contributed by atoms with Crippen molar-refractivity contribution < 1.29 is 19.0 Å². The van der Waals surface area contributed by atoms with Crippen molar-refractivity contribution >= 4 is 5.91 Å². The summed E-state index contributed by atoms with van der Waals surface area (Å²) in [7, 11) is 1.54. The van der Waals surface area contributed by atoms with Crippen molar-refractivity contribution in [2.24, 2.45) is 0 Å². The zero-order valence-corrected chi connectivity index (χ0v) is 12.8. The summed E-state index contributed by atoms with van der Waals surface area (Å²) >= 11 is 0. The minimum atomic E-state index is -0.104. The average Bonchev–Trinajstić information content (AvgIpc) is 2.93. The largest absolute Gasteiger partial charge is 0.375 e. The van der Waals surface area contributed by atoms with Gasteiger partial charge in [-0.1, -0.05) is 6.07 Å². The molecule has 6 heteroatoms. The van der Waals surface area contributed by atoms with Gasteiger partial charge in [-0.3, -0.25) is 9.78 Å². The zero-order chi connectivity index (χ0) is 15.4. The maximum absolute atomic E-state index is 12.2. The number of rotatable bonds is 5. The Bertz CT molecular complexity index is 496. The fourth-order valence-electron chi connectivity index (χ4n) is 3.23. The van der Waals surface area contributed by atoms with E-state index in [4.69, 9.17) is 14.2 Å². The fourth-order valence-corrected chi connectivity index (χ4v) is 3.23. The van der Waals surface area contributed by atoms with Crippen LogP contribution in [0.5, 0.6) is 0 Å². The second-order valence-corrected chi connectivity index (χ2v) is 5.69. The first kappa shape index (κ1) is 15.4. The van der Waals surface area contributed by atoms with E-state index in [1.54, 1.807) is 6.20 Å². The SMILES string of the molecule is COCC(=O)N1C[C@H](OCc2ccccn2)[C@H]2OCCC[C@H]21. The third-order valence-electron chi connectivity index (χ3n) is 4.24. The number of amides is 1. The predicted octanol–water partition coefficient (Wildman–Crippen LogP) is 1.00. The number of carbonyl (C=O) groups is 1. The Morgan fingerprint density at radius 2 is 2.41 bits per heavy atom. The van der Waals surface area contributed by atoms with Crippen LogP contribution in [-0.4, -0.2) is 60.9 Å². The number of fused-ring (bicyclic) bond motifs is 1. The maximum Gasteiger partial charge on any atom is 0.248 e. The lowest BCUT2D eigenvalue weighted by atomic mass is 10.0. The average molecular weight is 306 g/mol. The van der Waals surface area contributed by atoms with Gasteiger partial charge in [-0.2, -0.15) is 0 Å². The summed E-state index contributed by atoms with van der Waals surface area (Å²) in [6.07, 6.45) is 3.54. The van der Waals surface area contributed by atoms with Gasteiger partial charge in [0.1, 0.15) is 18.8 Å². The molecule has 2 saturated heterocycles. The molecule has 0 N–H and O–H groups in total. The van der Waals surface area contributed by atoms with Gasteiger partial charge in [0.25, 0.3) is 0 Å². The molecule has 0 aliphatic carbocycles. The Morgan fingerprint density at radius 3 is 3.18 bits per heavy atom. The van der Waals surface area contributed by atoms with Crippen molar-refractivity contribution in [3.63, 3.8) is 0 Å². The first-order chi connectivity index (χ1) is 10.8. The highest BCUT2D eigenvalue weighted by Gasteiger charge is 2.46. The van der Waals surface area contributed by atoms with Crippen LogP contribution in [0.4, 0.5) is 0 Å². The third-order valence-corrected chi connectivity index (χ3v) is 4.24. The van der Waals surface area contributed by atoms with Crippen molar-refractivity contribution in [1.82, 2.24) is 9.88 Å². The zero-order valence-electron chi connectivity index (χ0n) is 12.8. The van der Waals surface area contributed by atoms with Crippen LogP contribution in [0.3, 0.4) is 0 Å². The summed E-state index contributed by atoms with van der Waals surface area (Å²) in [6.45, 7) is 1.84. The number of hydrogen-bond acceptors (Lipinski definition) is 5. The molecule has 3 atom stereocenters. The molecule has 2 aliphatic rings. The molecule has 3 heterocycles. The molecule has 1 aromatic rings. The lowest BCUT2D eigenvalue weighted by Crippen LogP contribution is -2.44.